The number of hydrogen-bond acceptors (Lipinski definition) is 4. The number of phenolic OH excluding ortho intramolecular Hbond substituents is 1. The minimum Gasteiger partial charge on any atom is -0.508 e. The molecule has 1 unspecified atom stereocenters. The van der Waals surface area contributed by atoms with Crippen LogP contribution in [0.2, 0.25) is 0 Å². The van der Waals surface area contributed by atoms with Crippen molar-refractivity contribution in [1.82, 2.24) is 14.5 Å². The summed E-state index contributed by atoms with van der Waals surface area (Å²) in [5.41, 5.74) is 3.29. The largest absolute Gasteiger partial charge is 0.508 e. The van der Waals surface area contributed by atoms with E-state index in [4.69, 9.17) is 0 Å². The van der Waals surface area contributed by atoms with Gasteiger partial charge in [-0.3, -0.25) is 4.79 Å². The lowest BCUT2D eigenvalue weighted by Crippen LogP contribution is -2.52. The third-order valence-electron chi connectivity index (χ3n) is 6.33. The summed E-state index contributed by atoms with van der Waals surface area (Å²) in [6.45, 7) is 6.09. The maximum absolute atomic E-state index is 13.2. The van der Waals surface area contributed by atoms with E-state index in [0.29, 0.717) is 18.7 Å². The van der Waals surface area contributed by atoms with Crippen molar-refractivity contribution in [3.05, 3.63) is 71.7 Å². The van der Waals surface area contributed by atoms with Gasteiger partial charge in [0.25, 0.3) is 5.91 Å². The van der Waals surface area contributed by atoms with Crippen molar-refractivity contribution >= 4 is 11.6 Å². The monoisotopic (exact) mass is 388 g/mol. The number of hydrogen-bond donors (Lipinski definition) is 1. The van der Waals surface area contributed by atoms with E-state index in [1.54, 1.807) is 18.2 Å². The van der Waals surface area contributed by atoms with E-state index in [2.05, 4.69) is 45.8 Å². The molecule has 29 heavy (non-hydrogen) atoms. The summed E-state index contributed by atoms with van der Waals surface area (Å²) in [5.74, 6) is 1.06. The Labute approximate surface area is 170 Å². The number of anilines is 1. The molecule has 6 heteroatoms. The number of pyridine rings is 1. The number of aromatic nitrogens is 2. The van der Waals surface area contributed by atoms with Gasteiger partial charge >= 0.3 is 0 Å². The first-order valence-electron chi connectivity index (χ1n) is 10.0. The van der Waals surface area contributed by atoms with Gasteiger partial charge in [-0.15, -0.1) is 0 Å². The Morgan fingerprint density at radius 2 is 2.10 bits per heavy atom. The number of rotatable bonds is 2. The molecule has 3 aromatic rings. The van der Waals surface area contributed by atoms with Crippen molar-refractivity contribution in [3.63, 3.8) is 0 Å². The molecular weight excluding hydrogens is 364 g/mol. The number of likely N-dealkylation sites (tertiary alicyclic amines) is 1. The van der Waals surface area contributed by atoms with Crippen LogP contribution in [0.1, 0.15) is 35.0 Å². The van der Waals surface area contributed by atoms with Gasteiger partial charge < -0.3 is 19.5 Å². The number of carbonyl (C=O) groups is 1. The van der Waals surface area contributed by atoms with Crippen LogP contribution in [0, 0.1) is 6.92 Å². The molecule has 2 aliphatic heterocycles. The average Bonchev–Trinajstić information content (AvgIpc) is 3.39. The quantitative estimate of drug-likeness (QED) is 0.730. The Kier molecular flexibility index (Phi) is 3.91. The number of phenols is 1. The summed E-state index contributed by atoms with van der Waals surface area (Å²) >= 11 is 0. The highest BCUT2D eigenvalue weighted by atomic mass is 16.3. The Morgan fingerprint density at radius 1 is 1.24 bits per heavy atom. The van der Waals surface area contributed by atoms with Gasteiger partial charge in [-0.2, -0.15) is 0 Å². The van der Waals surface area contributed by atoms with Crippen LogP contribution < -0.4 is 4.90 Å². The van der Waals surface area contributed by atoms with E-state index in [0.717, 1.165) is 30.0 Å². The fraction of sp³-hybridized carbons (Fsp3) is 0.304. The Balaban J connectivity index is 1.55. The maximum Gasteiger partial charge on any atom is 0.254 e. The van der Waals surface area contributed by atoms with E-state index >= 15 is 0 Å². The Morgan fingerprint density at radius 3 is 2.90 bits per heavy atom. The predicted octanol–water partition coefficient (Wildman–Crippen LogP) is 3.47. The van der Waals surface area contributed by atoms with Crippen molar-refractivity contribution in [3.8, 4) is 11.6 Å². The number of aryl methyl sites for hydroxylation is 1. The molecule has 1 spiro atoms. The van der Waals surface area contributed by atoms with E-state index in [-0.39, 0.29) is 17.2 Å². The molecule has 0 bridgehead atoms. The molecule has 0 aliphatic carbocycles. The molecule has 0 radical (unpaired) electrons. The van der Waals surface area contributed by atoms with Crippen LogP contribution in [0.5, 0.6) is 5.75 Å². The molecule has 1 aromatic carbocycles. The summed E-state index contributed by atoms with van der Waals surface area (Å²) in [4.78, 5) is 22.1. The average molecular weight is 388 g/mol. The van der Waals surface area contributed by atoms with Crippen molar-refractivity contribution in [2.75, 3.05) is 24.5 Å². The summed E-state index contributed by atoms with van der Waals surface area (Å²) in [6, 6.07) is 13.4. The molecule has 148 valence electrons. The lowest BCUT2D eigenvalue weighted by Gasteiger charge is -2.46. The number of aromatic hydroxyl groups is 1. The van der Waals surface area contributed by atoms with Crippen molar-refractivity contribution < 1.29 is 9.90 Å². The Bertz CT molecular complexity index is 1110. The van der Waals surface area contributed by atoms with Crippen LogP contribution >= 0.6 is 0 Å². The lowest BCUT2D eigenvalue weighted by molar-refractivity contribution is 0.0781. The number of likely N-dealkylation sites (N-methyl/N-ethyl adjacent to an activating group) is 1. The van der Waals surface area contributed by atoms with Crippen molar-refractivity contribution in [1.29, 1.82) is 0 Å². The fourth-order valence-electron chi connectivity index (χ4n) is 4.89. The van der Waals surface area contributed by atoms with Gasteiger partial charge in [-0.25, -0.2) is 4.98 Å². The van der Waals surface area contributed by atoms with Crippen LogP contribution in [-0.4, -0.2) is 45.1 Å². The maximum atomic E-state index is 13.2. The van der Waals surface area contributed by atoms with E-state index < -0.39 is 0 Å². The van der Waals surface area contributed by atoms with Crippen LogP contribution in [0.25, 0.3) is 5.82 Å². The minimum absolute atomic E-state index is 0.0386. The van der Waals surface area contributed by atoms with E-state index in [1.165, 1.54) is 5.69 Å². The van der Waals surface area contributed by atoms with Crippen LogP contribution in [0.4, 0.5) is 5.69 Å². The van der Waals surface area contributed by atoms with E-state index in [9.17, 15) is 9.90 Å². The van der Waals surface area contributed by atoms with Gasteiger partial charge in [0.2, 0.25) is 0 Å². The fourth-order valence-corrected chi connectivity index (χ4v) is 4.89. The van der Waals surface area contributed by atoms with Gasteiger partial charge in [0, 0.05) is 37.6 Å². The molecule has 2 aliphatic rings. The molecule has 5 rings (SSSR count). The number of fused-ring (bicyclic) bond motifs is 4. The van der Waals surface area contributed by atoms with Crippen LogP contribution in [0.3, 0.4) is 0 Å². The summed E-state index contributed by atoms with van der Waals surface area (Å²) < 4.78 is 2.16. The molecule has 1 N–H and O–H groups in total. The number of amides is 1. The molecule has 4 heterocycles. The zero-order valence-electron chi connectivity index (χ0n) is 16.7. The molecule has 6 nitrogen and oxygen atoms in total. The predicted molar refractivity (Wildman–Crippen MR) is 112 cm³/mol. The van der Waals surface area contributed by atoms with E-state index in [1.807, 2.05) is 24.1 Å². The van der Waals surface area contributed by atoms with Crippen molar-refractivity contribution in [2.24, 2.45) is 0 Å². The molecule has 1 amide bonds. The first kappa shape index (κ1) is 17.8. The molecular formula is C23H24N4O2. The third-order valence-corrected chi connectivity index (χ3v) is 6.33. The highest BCUT2D eigenvalue weighted by Crippen LogP contribution is 2.47. The minimum atomic E-state index is -0.281. The summed E-state index contributed by atoms with van der Waals surface area (Å²) in [7, 11) is 0. The second-order valence-corrected chi connectivity index (χ2v) is 7.86. The highest BCUT2D eigenvalue weighted by Gasteiger charge is 2.50. The molecule has 1 fully saturated rings. The molecule has 1 atom stereocenters. The molecule has 1 saturated heterocycles. The zero-order valence-corrected chi connectivity index (χ0v) is 16.7. The summed E-state index contributed by atoms with van der Waals surface area (Å²) in [5, 5.41) is 10.0. The molecule has 0 saturated carbocycles. The smallest absolute Gasteiger partial charge is 0.254 e. The van der Waals surface area contributed by atoms with Gasteiger partial charge in [0.15, 0.2) is 5.82 Å². The van der Waals surface area contributed by atoms with Crippen LogP contribution in [-0.2, 0) is 5.54 Å². The van der Waals surface area contributed by atoms with Gasteiger partial charge in [0.05, 0.1) is 11.4 Å². The summed E-state index contributed by atoms with van der Waals surface area (Å²) in [6.07, 6.45) is 4.73. The van der Waals surface area contributed by atoms with Gasteiger partial charge in [0.1, 0.15) is 11.3 Å². The van der Waals surface area contributed by atoms with Gasteiger partial charge in [-0.05, 0) is 62.2 Å². The lowest BCUT2D eigenvalue weighted by atomic mass is 9.89. The third kappa shape index (κ3) is 2.48. The number of nitrogens with zero attached hydrogens (tertiary/aromatic N) is 4. The second-order valence-electron chi connectivity index (χ2n) is 7.86. The second kappa shape index (κ2) is 6.37. The molecule has 2 aromatic heterocycles. The topological polar surface area (TPSA) is 61.6 Å². The zero-order chi connectivity index (χ0) is 20.2. The first-order chi connectivity index (χ1) is 14.0. The van der Waals surface area contributed by atoms with Crippen LogP contribution in [0.15, 0.2) is 54.9 Å². The Hall–Kier alpha value is -3.28. The standard InChI is InChI=1S/C23H24N4O2/c1-3-27-18-6-4-11-24-21(18)26-12-5-7-20(26)23(27)10-13-25(15-23)22(29)17-9-8-16(2)19(28)14-17/h4-9,11-12,14,28H,3,10,13,15H2,1-2H3. The number of benzene rings is 1. The number of carbonyl (C=O) groups excluding carboxylic acids is 1. The normalized spacial score (nSPS) is 20.1. The van der Waals surface area contributed by atoms with Crippen molar-refractivity contribution in [2.45, 2.75) is 25.8 Å². The van der Waals surface area contributed by atoms with Gasteiger partial charge in [-0.1, -0.05) is 6.07 Å². The highest BCUT2D eigenvalue weighted by molar-refractivity contribution is 5.95. The first-order valence-corrected chi connectivity index (χ1v) is 10.0. The SMILES string of the molecule is CCN1c2cccnc2-n2cccc2C12CCN(C(=O)c1ccc(C)c(O)c1)C2.